The van der Waals surface area contributed by atoms with E-state index in [-0.39, 0.29) is 31.1 Å². The van der Waals surface area contributed by atoms with Gasteiger partial charge in [-0.25, -0.2) is 24.7 Å². The van der Waals surface area contributed by atoms with E-state index in [1.807, 2.05) is 37.7 Å². The maximum absolute atomic E-state index is 12.7. The molecule has 4 fully saturated rings. The normalized spacial score (nSPS) is 18.9. The van der Waals surface area contributed by atoms with E-state index in [9.17, 15) is 9.59 Å². The van der Waals surface area contributed by atoms with Crippen LogP contribution in [0.25, 0.3) is 11.0 Å². The Hall–Kier alpha value is -5.26. The van der Waals surface area contributed by atoms with Crippen molar-refractivity contribution in [1.82, 2.24) is 34.1 Å². The molecule has 2 atom stereocenters. The Bertz CT molecular complexity index is 2320. The minimum atomic E-state index is -0.943. The number of carboxylic acids is 1. The summed E-state index contributed by atoms with van der Waals surface area (Å²) >= 11 is 2.97. The van der Waals surface area contributed by atoms with Gasteiger partial charge in [-0.05, 0) is 76.6 Å². The second kappa shape index (κ2) is 18.1. The van der Waals surface area contributed by atoms with Gasteiger partial charge in [-0.3, -0.25) is 4.79 Å². The van der Waals surface area contributed by atoms with Gasteiger partial charge in [0, 0.05) is 100.0 Å². The van der Waals surface area contributed by atoms with Crippen LogP contribution in [-0.4, -0.2) is 110 Å². The summed E-state index contributed by atoms with van der Waals surface area (Å²) in [6.45, 7) is 11.7. The fraction of sp³-hybridized carbons (Fsp3) is 0.463. The Morgan fingerprint density at radius 1 is 0.707 bits per heavy atom. The first-order valence-electron chi connectivity index (χ1n) is 19.8. The predicted molar refractivity (Wildman–Crippen MR) is 234 cm³/mol. The van der Waals surface area contributed by atoms with Crippen molar-refractivity contribution < 1.29 is 14.7 Å². The molecule has 6 aromatic rings. The Morgan fingerprint density at radius 2 is 1.21 bits per heavy atom. The van der Waals surface area contributed by atoms with Crippen molar-refractivity contribution in [3.05, 3.63) is 82.6 Å². The second-order valence-electron chi connectivity index (χ2n) is 15.1. The highest BCUT2D eigenvalue weighted by Crippen LogP contribution is 2.28. The number of hydrogen-bond acceptors (Lipinski definition) is 13. The molecule has 0 saturated carbocycles. The first-order valence-corrected chi connectivity index (χ1v) is 21.5. The van der Waals surface area contributed by atoms with Crippen LogP contribution in [0.15, 0.2) is 59.8 Å². The van der Waals surface area contributed by atoms with E-state index in [0.717, 1.165) is 104 Å². The maximum Gasteiger partial charge on any atom is 0.355 e. The third kappa shape index (κ3) is 9.21. The van der Waals surface area contributed by atoms with Crippen LogP contribution >= 0.6 is 22.7 Å². The van der Waals surface area contributed by atoms with Crippen molar-refractivity contribution in [2.24, 2.45) is 5.73 Å². The summed E-state index contributed by atoms with van der Waals surface area (Å²) in [7, 11) is 0. The molecule has 0 bridgehead atoms. The molecule has 17 heteroatoms. The van der Waals surface area contributed by atoms with Gasteiger partial charge in [-0.15, -0.1) is 22.7 Å². The van der Waals surface area contributed by atoms with Crippen LogP contribution in [0, 0.1) is 13.8 Å². The van der Waals surface area contributed by atoms with E-state index in [1.165, 1.54) is 42.5 Å². The van der Waals surface area contributed by atoms with E-state index in [0.29, 0.717) is 5.69 Å². The summed E-state index contributed by atoms with van der Waals surface area (Å²) in [5, 5.41) is 17.1. The molecule has 0 radical (unpaired) electrons. The van der Waals surface area contributed by atoms with Crippen molar-refractivity contribution in [1.29, 1.82) is 0 Å². The van der Waals surface area contributed by atoms with Crippen LogP contribution in [0.4, 0.5) is 21.9 Å². The lowest BCUT2D eigenvalue weighted by Crippen LogP contribution is -2.37. The number of thiazole rings is 2. The van der Waals surface area contributed by atoms with Crippen molar-refractivity contribution in [3.8, 4) is 0 Å². The molecule has 4 N–H and O–H groups in total. The summed E-state index contributed by atoms with van der Waals surface area (Å²) in [5.74, 6) is 1.05. The fourth-order valence-electron chi connectivity index (χ4n) is 7.91. The number of hydrogen-bond donors (Lipinski definition) is 3. The Kier molecular flexibility index (Phi) is 12.8. The van der Waals surface area contributed by atoms with Crippen LogP contribution in [-0.2, 0) is 0 Å². The number of carbonyl (C=O) groups excluding carboxylic acids is 1. The molecular formula is C41H54N12O3S2. The summed E-state index contributed by atoms with van der Waals surface area (Å²) in [6.07, 6.45) is 14.9. The highest BCUT2D eigenvalue weighted by Gasteiger charge is 2.28. The zero-order valence-corrected chi connectivity index (χ0v) is 34.1. The first kappa shape index (κ1) is 40.9. The third-order valence-corrected chi connectivity index (χ3v) is 12.6. The molecular weight excluding hydrogens is 773 g/mol. The molecule has 0 spiro atoms. The number of nitrogens with zero attached hydrogens (tertiary/aromatic N) is 10. The lowest BCUT2D eigenvalue weighted by molar-refractivity contribution is 0.0691. The van der Waals surface area contributed by atoms with Gasteiger partial charge in [0.15, 0.2) is 27.6 Å². The molecule has 10 heterocycles. The van der Waals surface area contributed by atoms with Gasteiger partial charge in [-0.1, -0.05) is 7.43 Å². The van der Waals surface area contributed by atoms with Crippen LogP contribution in [0.5, 0.6) is 0 Å². The topological polar surface area (TPSA) is 166 Å². The number of anilines is 4. The average Bonchev–Trinajstić information content (AvgIpc) is 4.03. The van der Waals surface area contributed by atoms with Crippen LogP contribution in [0.2, 0.25) is 0 Å². The molecule has 4 aliphatic rings. The molecule has 6 aromatic heterocycles. The van der Waals surface area contributed by atoms with Gasteiger partial charge in [0.1, 0.15) is 5.69 Å². The van der Waals surface area contributed by atoms with Crippen molar-refractivity contribution in [2.45, 2.75) is 71.9 Å². The molecule has 0 aromatic carbocycles. The highest BCUT2D eigenvalue weighted by atomic mass is 32.1. The van der Waals surface area contributed by atoms with Crippen LogP contribution in [0.3, 0.4) is 0 Å². The number of fused-ring (bicyclic) bond motifs is 2. The van der Waals surface area contributed by atoms with Crippen molar-refractivity contribution in [3.63, 3.8) is 0 Å². The van der Waals surface area contributed by atoms with Gasteiger partial charge in [0.05, 0.1) is 22.4 Å². The SMILES string of the molecule is C.Cc1cn2cccc2c(N2CC[C@H](N)C2)n1.Cc1cn2cccc2c(N2CC[C@H](NC(=O)c3csc(N4CCCC4)n3)C2)n1.O=C(O)c1csc(N2CCCC2)n1. The number of rotatable bonds is 7. The lowest BCUT2D eigenvalue weighted by Gasteiger charge is -2.19. The molecule has 58 heavy (non-hydrogen) atoms. The summed E-state index contributed by atoms with van der Waals surface area (Å²) < 4.78 is 4.24. The number of carboxylic acid groups (broad SMARTS) is 1. The van der Waals surface area contributed by atoms with Crippen LogP contribution in [0.1, 0.15) is 78.3 Å². The Labute approximate surface area is 347 Å². The number of carbonyl (C=O) groups is 2. The largest absolute Gasteiger partial charge is 0.476 e. The second-order valence-corrected chi connectivity index (χ2v) is 16.8. The standard InChI is InChI=1S/C20H24N6OS.C12H16N4.C8H10N2O2S.CH4/c1-14-11-25-9-4-5-17(25)18(21-14)26-10-6-15(12-26)22-19(27)16-13-28-20(23-16)24-7-2-3-8-24;1-9-7-15-5-2-3-11(15)12(14-9)16-6-4-10(13)8-16;11-7(12)6-5-13-8(9-6)10-3-1-2-4-10;/h4-5,9,11,13,15H,2-3,6-8,10,12H2,1H3,(H,22,27);2-3,5,7,10H,4,6,8,13H2,1H3;5H,1-4H2,(H,11,12);1H4/t15-;10-;;/m00../s1. The number of aromatic carboxylic acids is 1. The monoisotopic (exact) mass is 826 g/mol. The first-order chi connectivity index (χ1) is 27.7. The molecule has 4 aliphatic heterocycles. The zero-order chi connectivity index (χ0) is 39.5. The lowest BCUT2D eigenvalue weighted by atomic mass is 10.2. The summed E-state index contributed by atoms with van der Waals surface area (Å²) in [4.78, 5) is 50.2. The van der Waals surface area contributed by atoms with Crippen molar-refractivity contribution >= 4 is 67.5 Å². The fourth-order valence-corrected chi connectivity index (χ4v) is 9.63. The molecule has 15 nitrogen and oxygen atoms in total. The molecule has 4 saturated heterocycles. The van der Waals surface area contributed by atoms with Crippen molar-refractivity contribution in [2.75, 3.05) is 72.0 Å². The van der Waals surface area contributed by atoms with E-state index in [4.69, 9.17) is 15.8 Å². The number of amides is 1. The number of nitrogens with one attached hydrogen (secondary N) is 1. The Morgan fingerprint density at radius 3 is 1.71 bits per heavy atom. The van der Waals surface area contributed by atoms with E-state index >= 15 is 0 Å². The van der Waals surface area contributed by atoms with Gasteiger partial charge in [-0.2, -0.15) is 0 Å². The van der Waals surface area contributed by atoms with Gasteiger partial charge in [0.2, 0.25) is 0 Å². The number of nitrogens with two attached hydrogens (primary N) is 1. The number of aryl methyl sites for hydroxylation is 2. The number of aromatic nitrogens is 6. The predicted octanol–water partition coefficient (Wildman–Crippen LogP) is 5.97. The minimum absolute atomic E-state index is 0. The van der Waals surface area contributed by atoms with Gasteiger partial charge in [0.25, 0.3) is 5.91 Å². The van der Waals surface area contributed by atoms with E-state index in [1.54, 1.807) is 16.7 Å². The molecule has 0 unspecified atom stereocenters. The molecule has 308 valence electrons. The van der Waals surface area contributed by atoms with E-state index in [2.05, 4.69) is 79.3 Å². The van der Waals surface area contributed by atoms with Gasteiger partial charge >= 0.3 is 5.97 Å². The quantitative estimate of drug-likeness (QED) is 0.173. The third-order valence-electron chi connectivity index (χ3n) is 10.8. The molecule has 10 rings (SSSR count). The maximum atomic E-state index is 12.7. The minimum Gasteiger partial charge on any atom is -0.476 e. The van der Waals surface area contributed by atoms with Gasteiger partial charge < -0.3 is 44.6 Å². The smallest absolute Gasteiger partial charge is 0.355 e. The molecule has 0 aliphatic carbocycles. The zero-order valence-electron chi connectivity index (χ0n) is 32.5. The Balaban J connectivity index is 0.000000145. The summed E-state index contributed by atoms with van der Waals surface area (Å²) in [5.41, 5.74) is 10.9. The summed E-state index contributed by atoms with van der Waals surface area (Å²) in [6, 6.07) is 8.68. The highest BCUT2D eigenvalue weighted by molar-refractivity contribution is 7.14. The average molecular weight is 827 g/mol. The molecule has 1 amide bonds. The van der Waals surface area contributed by atoms with Crippen LogP contribution < -0.4 is 30.7 Å². The van der Waals surface area contributed by atoms with E-state index < -0.39 is 5.97 Å².